The van der Waals surface area contributed by atoms with Gasteiger partial charge in [0.25, 0.3) is 0 Å². The first-order chi connectivity index (χ1) is 6.79. The van der Waals surface area contributed by atoms with E-state index in [0.717, 1.165) is 6.07 Å². The van der Waals surface area contributed by atoms with Crippen molar-refractivity contribution in [2.45, 2.75) is 12.6 Å². The summed E-state index contributed by atoms with van der Waals surface area (Å²) in [5, 5.41) is 0.255. The minimum absolute atomic E-state index is 0.0599. The molecule has 0 radical (unpaired) electrons. The molecule has 0 saturated carbocycles. The molecule has 0 saturated heterocycles. The second kappa shape index (κ2) is 4.41. The minimum atomic E-state index is -4.51. The summed E-state index contributed by atoms with van der Waals surface area (Å²) in [6, 6.07) is 3.62. The quantitative estimate of drug-likeness (QED) is 0.728. The molecule has 1 aromatic carbocycles. The number of carbonyl (C=O) groups excluding carboxylic acids is 1. The summed E-state index contributed by atoms with van der Waals surface area (Å²) < 4.78 is 35.7. The highest BCUT2D eigenvalue weighted by atomic mass is 35.5. The molecular formula is C9H5Cl2F3O. The van der Waals surface area contributed by atoms with E-state index in [-0.39, 0.29) is 15.6 Å². The van der Waals surface area contributed by atoms with Crippen molar-refractivity contribution in [1.82, 2.24) is 0 Å². The normalized spacial score (nSPS) is 11.5. The topological polar surface area (TPSA) is 17.1 Å². The van der Waals surface area contributed by atoms with Crippen molar-refractivity contribution in [2.24, 2.45) is 0 Å². The molecule has 0 aliphatic heterocycles. The Labute approximate surface area is 93.8 Å². The van der Waals surface area contributed by atoms with E-state index in [4.69, 9.17) is 23.2 Å². The fraction of sp³-hybridized carbons (Fsp3) is 0.222. The van der Waals surface area contributed by atoms with Gasteiger partial charge in [0.1, 0.15) is 6.42 Å². The van der Waals surface area contributed by atoms with Crippen LogP contribution in [0.1, 0.15) is 16.8 Å². The van der Waals surface area contributed by atoms with Crippen molar-refractivity contribution in [2.75, 3.05) is 0 Å². The van der Waals surface area contributed by atoms with E-state index in [1.807, 2.05) is 0 Å². The van der Waals surface area contributed by atoms with Gasteiger partial charge in [-0.2, -0.15) is 13.2 Å². The smallest absolute Gasteiger partial charge is 0.294 e. The molecule has 0 spiro atoms. The predicted octanol–water partition coefficient (Wildman–Crippen LogP) is 4.13. The molecule has 6 heteroatoms. The Morgan fingerprint density at radius 2 is 1.80 bits per heavy atom. The van der Waals surface area contributed by atoms with Crippen LogP contribution in [0.5, 0.6) is 0 Å². The number of alkyl halides is 3. The van der Waals surface area contributed by atoms with Crippen molar-refractivity contribution in [1.29, 1.82) is 0 Å². The highest BCUT2D eigenvalue weighted by Gasteiger charge is 2.31. The van der Waals surface area contributed by atoms with E-state index in [1.165, 1.54) is 12.1 Å². The predicted molar refractivity (Wildman–Crippen MR) is 51.5 cm³/mol. The Morgan fingerprint density at radius 1 is 1.20 bits per heavy atom. The summed E-state index contributed by atoms with van der Waals surface area (Å²) in [5.41, 5.74) is -0.0956. The number of ketones is 1. The zero-order valence-corrected chi connectivity index (χ0v) is 8.75. The van der Waals surface area contributed by atoms with Crippen molar-refractivity contribution < 1.29 is 18.0 Å². The van der Waals surface area contributed by atoms with Crippen LogP contribution in [-0.2, 0) is 0 Å². The van der Waals surface area contributed by atoms with Crippen LogP contribution in [0, 0.1) is 0 Å². The molecule has 0 aromatic heterocycles. The van der Waals surface area contributed by atoms with E-state index in [0.29, 0.717) is 0 Å². The molecule has 0 bridgehead atoms. The van der Waals surface area contributed by atoms with Crippen LogP contribution in [0.4, 0.5) is 13.2 Å². The Hall–Kier alpha value is -0.740. The molecule has 0 atom stereocenters. The van der Waals surface area contributed by atoms with Gasteiger partial charge < -0.3 is 0 Å². The van der Waals surface area contributed by atoms with E-state index in [2.05, 4.69) is 0 Å². The molecule has 0 amide bonds. The zero-order chi connectivity index (χ0) is 11.6. The minimum Gasteiger partial charge on any atom is -0.294 e. The van der Waals surface area contributed by atoms with Crippen molar-refractivity contribution >= 4 is 29.0 Å². The summed E-state index contributed by atoms with van der Waals surface area (Å²) >= 11 is 11.1. The lowest BCUT2D eigenvalue weighted by Gasteiger charge is -2.05. The molecule has 1 nitrogen and oxygen atoms in total. The molecule has 1 rings (SSSR count). The van der Waals surface area contributed by atoms with Crippen LogP contribution in [-0.4, -0.2) is 12.0 Å². The second-order valence-electron chi connectivity index (χ2n) is 2.84. The van der Waals surface area contributed by atoms with Crippen molar-refractivity contribution in [3.63, 3.8) is 0 Å². The lowest BCUT2D eigenvalue weighted by Crippen LogP contribution is -2.14. The van der Waals surface area contributed by atoms with E-state index < -0.39 is 18.4 Å². The van der Waals surface area contributed by atoms with Gasteiger partial charge in [-0.1, -0.05) is 23.2 Å². The van der Waals surface area contributed by atoms with Crippen molar-refractivity contribution in [3.05, 3.63) is 33.8 Å². The van der Waals surface area contributed by atoms with Crippen LogP contribution < -0.4 is 0 Å². The lowest BCUT2D eigenvalue weighted by molar-refractivity contribution is -0.125. The molecule has 0 aliphatic rings. The number of hydrogen-bond acceptors (Lipinski definition) is 1. The zero-order valence-electron chi connectivity index (χ0n) is 7.24. The van der Waals surface area contributed by atoms with Gasteiger partial charge >= 0.3 is 6.18 Å². The standard InChI is InChI=1S/C9H5Cl2F3O/c10-6-2-1-5(3-7(6)11)8(15)4-9(12,13)14/h1-3H,4H2. The molecule has 0 aliphatic carbocycles. The molecular weight excluding hydrogens is 252 g/mol. The third-order valence-electron chi connectivity index (χ3n) is 1.60. The third kappa shape index (κ3) is 3.72. The van der Waals surface area contributed by atoms with E-state index in [1.54, 1.807) is 0 Å². The van der Waals surface area contributed by atoms with Gasteiger partial charge in [-0.3, -0.25) is 4.79 Å². The van der Waals surface area contributed by atoms with Crippen LogP contribution in [0.15, 0.2) is 18.2 Å². The molecule has 0 unspecified atom stereocenters. The molecule has 82 valence electrons. The third-order valence-corrected chi connectivity index (χ3v) is 2.34. The maximum atomic E-state index is 11.9. The second-order valence-corrected chi connectivity index (χ2v) is 3.66. The molecule has 0 N–H and O–H groups in total. The Morgan fingerprint density at radius 3 is 2.27 bits per heavy atom. The lowest BCUT2D eigenvalue weighted by atomic mass is 10.1. The Balaban J connectivity index is 2.88. The maximum absolute atomic E-state index is 11.9. The first-order valence-electron chi connectivity index (χ1n) is 3.84. The van der Waals surface area contributed by atoms with Crippen molar-refractivity contribution in [3.8, 4) is 0 Å². The fourth-order valence-electron chi connectivity index (χ4n) is 0.954. The number of benzene rings is 1. The molecule has 1 aromatic rings. The number of rotatable bonds is 2. The summed E-state index contributed by atoms with van der Waals surface area (Å²) in [6.07, 6.45) is -6.01. The Bertz CT molecular complexity index is 387. The molecule has 0 heterocycles. The van der Waals surface area contributed by atoms with Crippen LogP contribution in [0.2, 0.25) is 10.0 Å². The molecule has 15 heavy (non-hydrogen) atoms. The largest absolute Gasteiger partial charge is 0.396 e. The van der Waals surface area contributed by atoms with Gasteiger partial charge in [0, 0.05) is 5.56 Å². The summed E-state index contributed by atoms with van der Waals surface area (Å²) in [7, 11) is 0. The SMILES string of the molecule is O=C(CC(F)(F)F)c1ccc(Cl)c(Cl)c1. The fourth-order valence-corrected chi connectivity index (χ4v) is 1.25. The van der Waals surface area contributed by atoms with Gasteiger partial charge in [-0.25, -0.2) is 0 Å². The number of Topliss-reactive ketones (excluding diaryl/α,β-unsaturated/α-hetero) is 1. The monoisotopic (exact) mass is 256 g/mol. The molecule has 0 fully saturated rings. The van der Waals surface area contributed by atoms with Gasteiger partial charge in [-0.05, 0) is 18.2 Å². The average Bonchev–Trinajstić information content (AvgIpc) is 2.06. The first kappa shape index (κ1) is 12.3. The summed E-state index contributed by atoms with van der Waals surface area (Å²) in [6.45, 7) is 0. The number of carbonyl (C=O) groups is 1. The van der Waals surface area contributed by atoms with Crippen LogP contribution in [0.3, 0.4) is 0 Å². The highest BCUT2D eigenvalue weighted by Crippen LogP contribution is 2.26. The summed E-state index contributed by atoms with van der Waals surface area (Å²) in [5.74, 6) is -1.03. The number of halogens is 5. The maximum Gasteiger partial charge on any atom is 0.396 e. The first-order valence-corrected chi connectivity index (χ1v) is 4.60. The average molecular weight is 257 g/mol. The van der Waals surface area contributed by atoms with Gasteiger partial charge in [0.05, 0.1) is 10.0 Å². The van der Waals surface area contributed by atoms with Crippen LogP contribution in [0.25, 0.3) is 0 Å². The van der Waals surface area contributed by atoms with E-state index >= 15 is 0 Å². The van der Waals surface area contributed by atoms with Gasteiger partial charge in [-0.15, -0.1) is 0 Å². The highest BCUT2D eigenvalue weighted by molar-refractivity contribution is 6.42. The van der Waals surface area contributed by atoms with Gasteiger partial charge in [0.2, 0.25) is 0 Å². The van der Waals surface area contributed by atoms with E-state index in [9.17, 15) is 18.0 Å². The Kier molecular flexibility index (Phi) is 3.62. The van der Waals surface area contributed by atoms with Crippen LogP contribution >= 0.6 is 23.2 Å². The summed E-state index contributed by atoms with van der Waals surface area (Å²) in [4.78, 5) is 11.1. The van der Waals surface area contributed by atoms with Gasteiger partial charge in [0.15, 0.2) is 5.78 Å². The number of hydrogen-bond donors (Lipinski definition) is 0.